The maximum atomic E-state index is 10.4. The third-order valence-electron chi connectivity index (χ3n) is 4.68. The standard InChI is InChI=1S/C13H25NO/c1-2-3-11(8-14)13(15)12-7-9-4-5-10(12)6-9/h9-13,15H,2-8,14H2,1H3. The Labute approximate surface area is 93.2 Å². The molecule has 0 saturated heterocycles. The Kier molecular flexibility index (Phi) is 3.68. The lowest BCUT2D eigenvalue weighted by molar-refractivity contribution is 0.0246. The summed E-state index contributed by atoms with van der Waals surface area (Å²) in [5, 5.41) is 10.4. The van der Waals surface area contributed by atoms with E-state index >= 15 is 0 Å². The van der Waals surface area contributed by atoms with Gasteiger partial charge >= 0.3 is 0 Å². The molecule has 0 aromatic rings. The van der Waals surface area contributed by atoms with Gasteiger partial charge in [0.2, 0.25) is 0 Å². The van der Waals surface area contributed by atoms with Crippen LogP contribution in [-0.4, -0.2) is 17.8 Å². The van der Waals surface area contributed by atoms with Crippen LogP contribution in [0.5, 0.6) is 0 Å². The average Bonchev–Trinajstić information content (AvgIpc) is 2.86. The van der Waals surface area contributed by atoms with Crippen LogP contribution in [0.1, 0.15) is 45.4 Å². The molecule has 0 heterocycles. The van der Waals surface area contributed by atoms with E-state index in [9.17, 15) is 5.11 Å². The highest BCUT2D eigenvalue weighted by atomic mass is 16.3. The summed E-state index contributed by atoms with van der Waals surface area (Å²) in [6, 6.07) is 0. The molecule has 0 aliphatic heterocycles. The monoisotopic (exact) mass is 211 g/mol. The first kappa shape index (κ1) is 11.4. The van der Waals surface area contributed by atoms with Crippen LogP contribution in [0.2, 0.25) is 0 Å². The zero-order valence-corrected chi connectivity index (χ0v) is 9.86. The van der Waals surface area contributed by atoms with E-state index in [0.29, 0.717) is 18.4 Å². The molecule has 2 rings (SSSR count). The maximum Gasteiger partial charge on any atom is 0.0611 e. The highest BCUT2D eigenvalue weighted by Gasteiger charge is 2.44. The van der Waals surface area contributed by atoms with Gasteiger partial charge in [-0.2, -0.15) is 0 Å². The van der Waals surface area contributed by atoms with Gasteiger partial charge in [-0.15, -0.1) is 0 Å². The molecule has 0 radical (unpaired) electrons. The van der Waals surface area contributed by atoms with Crippen molar-refractivity contribution in [3.63, 3.8) is 0 Å². The second-order valence-corrected chi connectivity index (χ2v) is 5.61. The number of nitrogens with two attached hydrogens (primary N) is 1. The molecule has 2 aliphatic carbocycles. The third-order valence-corrected chi connectivity index (χ3v) is 4.68. The first-order valence-electron chi connectivity index (χ1n) is 6.64. The van der Waals surface area contributed by atoms with Crippen LogP contribution < -0.4 is 5.73 Å². The van der Waals surface area contributed by atoms with Crippen LogP contribution in [0.25, 0.3) is 0 Å². The molecule has 88 valence electrons. The van der Waals surface area contributed by atoms with Crippen molar-refractivity contribution in [2.45, 2.75) is 51.6 Å². The molecule has 3 N–H and O–H groups in total. The molecule has 2 saturated carbocycles. The molecule has 0 amide bonds. The van der Waals surface area contributed by atoms with Crippen molar-refractivity contribution in [1.29, 1.82) is 0 Å². The molecule has 0 spiro atoms. The third kappa shape index (κ3) is 2.21. The fraction of sp³-hybridized carbons (Fsp3) is 1.00. The lowest BCUT2D eigenvalue weighted by atomic mass is 9.78. The van der Waals surface area contributed by atoms with E-state index in [2.05, 4.69) is 6.92 Å². The van der Waals surface area contributed by atoms with Crippen molar-refractivity contribution in [3.8, 4) is 0 Å². The van der Waals surface area contributed by atoms with Crippen LogP contribution in [0.4, 0.5) is 0 Å². The summed E-state index contributed by atoms with van der Waals surface area (Å²) in [7, 11) is 0. The number of aliphatic hydroxyl groups is 1. The molecule has 2 fully saturated rings. The van der Waals surface area contributed by atoms with Gasteiger partial charge in [0, 0.05) is 0 Å². The fourth-order valence-electron chi connectivity index (χ4n) is 3.86. The summed E-state index contributed by atoms with van der Waals surface area (Å²) >= 11 is 0. The molecule has 2 nitrogen and oxygen atoms in total. The summed E-state index contributed by atoms with van der Waals surface area (Å²) in [5.41, 5.74) is 5.77. The van der Waals surface area contributed by atoms with E-state index in [4.69, 9.17) is 5.73 Å². The van der Waals surface area contributed by atoms with Crippen molar-refractivity contribution in [1.82, 2.24) is 0 Å². The highest BCUT2D eigenvalue weighted by Crippen LogP contribution is 2.50. The molecule has 2 bridgehead atoms. The summed E-state index contributed by atoms with van der Waals surface area (Å²) in [6.07, 6.45) is 7.53. The van der Waals surface area contributed by atoms with Gasteiger partial charge in [0.15, 0.2) is 0 Å². The number of rotatable bonds is 5. The topological polar surface area (TPSA) is 46.2 Å². The van der Waals surface area contributed by atoms with Gasteiger partial charge in [0.25, 0.3) is 0 Å². The maximum absolute atomic E-state index is 10.4. The van der Waals surface area contributed by atoms with Crippen LogP contribution in [-0.2, 0) is 0 Å². The van der Waals surface area contributed by atoms with Crippen LogP contribution in [0, 0.1) is 23.7 Å². The van der Waals surface area contributed by atoms with Crippen LogP contribution in [0.3, 0.4) is 0 Å². The van der Waals surface area contributed by atoms with E-state index in [-0.39, 0.29) is 6.10 Å². The van der Waals surface area contributed by atoms with Crippen molar-refractivity contribution >= 4 is 0 Å². The number of fused-ring (bicyclic) bond motifs is 2. The van der Waals surface area contributed by atoms with Gasteiger partial charge < -0.3 is 10.8 Å². The van der Waals surface area contributed by atoms with Gasteiger partial charge in [-0.05, 0) is 55.9 Å². The molecule has 5 atom stereocenters. The Hall–Kier alpha value is -0.0800. The zero-order chi connectivity index (χ0) is 10.8. The summed E-state index contributed by atoms with van der Waals surface area (Å²) in [4.78, 5) is 0. The van der Waals surface area contributed by atoms with E-state index in [1.165, 1.54) is 25.7 Å². The normalized spacial score (nSPS) is 38.2. The first-order valence-corrected chi connectivity index (χ1v) is 6.64. The highest BCUT2D eigenvalue weighted by molar-refractivity contribution is 4.94. The molecular weight excluding hydrogens is 186 g/mol. The Balaban J connectivity index is 1.91. The Morgan fingerprint density at radius 2 is 2.13 bits per heavy atom. The lowest BCUT2D eigenvalue weighted by Crippen LogP contribution is -2.36. The Morgan fingerprint density at radius 1 is 1.33 bits per heavy atom. The summed E-state index contributed by atoms with van der Waals surface area (Å²) in [5.74, 6) is 2.66. The minimum absolute atomic E-state index is 0.120. The van der Waals surface area contributed by atoms with Gasteiger partial charge in [-0.25, -0.2) is 0 Å². The molecule has 5 unspecified atom stereocenters. The van der Waals surface area contributed by atoms with E-state index in [0.717, 1.165) is 24.7 Å². The van der Waals surface area contributed by atoms with Crippen molar-refractivity contribution in [2.24, 2.45) is 29.4 Å². The Morgan fingerprint density at radius 3 is 2.60 bits per heavy atom. The number of hydrogen-bond donors (Lipinski definition) is 2. The minimum atomic E-state index is -0.120. The van der Waals surface area contributed by atoms with Gasteiger partial charge in [-0.1, -0.05) is 19.8 Å². The fourth-order valence-corrected chi connectivity index (χ4v) is 3.86. The van der Waals surface area contributed by atoms with E-state index in [1.807, 2.05) is 0 Å². The van der Waals surface area contributed by atoms with Crippen molar-refractivity contribution < 1.29 is 5.11 Å². The molecular formula is C13H25NO. The van der Waals surface area contributed by atoms with Gasteiger partial charge in [0.05, 0.1) is 6.10 Å². The summed E-state index contributed by atoms with van der Waals surface area (Å²) < 4.78 is 0. The Bertz CT molecular complexity index is 207. The minimum Gasteiger partial charge on any atom is -0.392 e. The van der Waals surface area contributed by atoms with Crippen LogP contribution in [0.15, 0.2) is 0 Å². The first-order chi connectivity index (χ1) is 7.26. The van der Waals surface area contributed by atoms with E-state index in [1.54, 1.807) is 0 Å². The molecule has 15 heavy (non-hydrogen) atoms. The second kappa shape index (κ2) is 4.84. The number of hydrogen-bond acceptors (Lipinski definition) is 2. The smallest absolute Gasteiger partial charge is 0.0611 e. The quantitative estimate of drug-likeness (QED) is 0.732. The second-order valence-electron chi connectivity index (χ2n) is 5.61. The SMILES string of the molecule is CCCC(CN)C(O)C1CC2CCC1C2. The van der Waals surface area contributed by atoms with Gasteiger partial charge in [-0.3, -0.25) is 0 Å². The van der Waals surface area contributed by atoms with Crippen molar-refractivity contribution in [2.75, 3.05) is 6.54 Å². The molecule has 0 aromatic heterocycles. The molecule has 2 aliphatic rings. The van der Waals surface area contributed by atoms with Crippen LogP contribution >= 0.6 is 0 Å². The molecule has 2 heteroatoms. The van der Waals surface area contributed by atoms with Crippen molar-refractivity contribution in [3.05, 3.63) is 0 Å². The zero-order valence-electron chi connectivity index (χ0n) is 9.86. The van der Waals surface area contributed by atoms with E-state index < -0.39 is 0 Å². The average molecular weight is 211 g/mol. The van der Waals surface area contributed by atoms with Gasteiger partial charge in [0.1, 0.15) is 0 Å². The lowest BCUT2D eigenvalue weighted by Gasteiger charge is -2.32. The molecule has 0 aromatic carbocycles. The summed E-state index contributed by atoms with van der Waals surface area (Å²) in [6.45, 7) is 2.83. The predicted octanol–water partition coefficient (Wildman–Crippen LogP) is 2.16. The largest absolute Gasteiger partial charge is 0.392 e. The predicted molar refractivity (Wildman–Crippen MR) is 62.4 cm³/mol. The number of aliphatic hydroxyl groups excluding tert-OH is 1.